The average molecular weight is 295 g/mol. The Bertz CT molecular complexity index is 601. The summed E-state index contributed by atoms with van der Waals surface area (Å²) in [6.45, 7) is 6.93. The molecule has 1 aliphatic heterocycles. The van der Waals surface area contributed by atoms with Crippen LogP contribution >= 0.6 is 0 Å². The molecule has 21 heavy (non-hydrogen) atoms. The predicted molar refractivity (Wildman–Crippen MR) is 71.4 cm³/mol. The zero-order valence-electron chi connectivity index (χ0n) is 12.5. The highest BCUT2D eigenvalue weighted by Crippen LogP contribution is 2.30. The number of nitrogens with zero attached hydrogens (tertiary/aromatic N) is 3. The number of esters is 1. The van der Waals surface area contributed by atoms with Crippen molar-refractivity contribution in [3.8, 4) is 0 Å². The average Bonchev–Trinajstić information content (AvgIpc) is 2.90. The number of imide groups is 1. The number of hydrogen-bond donors (Lipinski definition) is 0. The van der Waals surface area contributed by atoms with Crippen LogP contribution in [-0.4, -0.2) is 41.2 Å². The summed E-state index contributed by atoms with van der Waals surface area (Å²) >= 11 is 0. The van der Waals surface area contributed by atoms with E-state index in [-0.39, 0.29) is 11.2 Å². The van der Waals surface area contributed by atoms with Crippen LogP contribution in [0.1, 0.15) is 33.5 Å². The summed E-state index contributed by atoms with van der Waals surface area (Å²) in [5, 5.41) is 3.80. The fourth-order valence-corrected chi connectivity index (χ4v) is 1.84. The van der Waals surface area contributed by atoms with E-state index in [0.717, 1.165) is 16.7 Å². The van der Waals surface area contributed by atoms with E-state index in [1.54, 1.807) is 6.07 Å². The minimum Gasteiger partial charge on any atom is -0.431 e. The highest BCUT2D eigenvalue weighted by molar-refractivity contribution is 6.13. The monoisotopic (exact) mass is 295 g/mol. The highest BCUT2D eigenvalue weighted by atomic mass is 16.6. The van der Waals surface area contributed by atoms with Crippen molar-refractivity contribution in [1.82, 2.24) is 10.1 Å². The summed E-state index contributed by atoms with van der Waals surface area (Å²) in [5.41, 5.74) is -0.305. The van der Waals surface area contributed by atoms with Gasteiger partial charge in [-0.15, -0.1) is 0 Å². The first-order chi connectivity index (χ1) is 9.62. The maximum atomic E-state index is 12.1. The van der Waals surface area contributed by atoms with Crippen LogP contribution in [-0.2, 0) is 19.7 Å². The maximum absolute atomic E-state index is 12.1. The number of urea groups is 1. The molecule has 0 radical (unpaired) electrons. The van der Waals surface area contributed by atoms with Crippen LogP contribution in [0, 0.1) is 0 Å². The van der Waals surface area contributed by atoms with Crippen molar-refractivity contribution in [2.24, 2.45) is 0 Å². The van der Waals surface area contributed by atoms with Gasteiger partial charge in [0.2, 0.25) is 0 Å². The lowest BCUT2D eigenvalue weighted by molar-refractivity contribution is -0.153. The molecule has 0 aliphatic carbocycles. The van der Waals surface area contributed by atoms with Gasteiger partial charge in [0.1, 0.15) is 5.76 Å². The normalized spacial score (nSPS) is 19.4. The van der Waals surface area contributed by atoms with Gasteiger partial charge in [-0.25, -0.2) is 9.69 Å². The van der Waals surface area contributed by atoms with Gasteiger partial charge < -0.3 is 9.26 Å². The molecule has 1 atom stereocenters. The first-order valence-electron chi connectivity index (χ1n) is 6.38. The number of hydrogen-bond acceptors (Lipinski definition) is 6. The molecule has 1 unspecified atom stereocenters. The molecular formula is C13H17N3O5. The molecule has 3 amide bonds. The van der Waals surface area contributed by atoms with Crippen LogP contribution in [0.15, 0.2) is 10.6 Å². The Morgan fingerprint density at radius 2 is 2.00 bits per heavy atom. The smallest absolute Gasteiger partial charge is 0.335 e. The minimum absolute atomic E-state index is 0.133. The molecule has 1 saturated heterocycles. The van der Waals surface area contributed by atoms with Crippen molar-refractivity contribution in [1.29, 1.82) is 0 Å². The Labute approximate surface area is 121 Å². The van der Waals surface area contributed by atoms with E-state index in [9.17, 15) is 14.4 Å². The van der Waals surface area contributed by atoms with E-state index >= 15 is 0 Å². The van der Waals surface area contributed by atoms with Crippen LogP contribution < -0.4 is 4.90 Å². The van der Waals surface area contributed by atoms with E-state index in [0.29, 0.717) is 5.76 Å². The molecule has 2 rings (SSSR count). The fraction of sp³-hybridized carbons (Fsp3) is 0.538. The maximum Gasteiger partial charge on any atom is 0.335 e. The third-order valence-electron chi connectivity index (χ3n) is 3.03. The van der Waals surface area contributed by atoms with Crippen molar-refractivity contribution in [3.05, 3.63) is 11.8 Å². The number of amides is 3. The van der Waals surface area contributed by atoms with Crippen LogP contribution in [0.2, 0.25) is 0 Å². The molecule has 0 bridgehead atoms. The van der Waals surface area contributed by atoms with Crippen molar-refractivity contribution < 1.29 is 23.6 Å². The Hall–Kier alpha value is -2.38. The standard InChI is InChI=1S/C13H17N3O5/c1-7(17)20-11-10(18)15(5)12(19)16(11)9-6-8(21-14-9)13(2,3)4/h6,11H,1-5H3. The molecule has 1 aromatic rings. The fourth-order valence-electron chi connectivity index (χ4n) is 1.84. The van der Waals surface area contributed by atoms with Gasteiger partial charge in [-0.1, -0.05) is 25.9 Å². The van der Waals surface area contributed by atoms with E-state index in [1.165, 1.54) is 7.05 Å². The Balaban J connectivity index is 2.39. The molecule has 2 heterocycles. The number of carbonyl (C=O) groups is 3. The molecule has 0 saturated carbocycles. The quantitative estimate of drug-likeness (QED) is 0.602. The second kappa shape index (κ2) is 4.87. The summed E-state index contributed by atoms with van der Waals surface area (Å²) in [4.78, 5) is 37.1. The summed E-state index contributed by atoms with van der Waals surface area (Å²) in [7, 11) is 1.31. The number of aromatic nitrogens is 1. The first-order valence-corrected chi connectivity index (χ1v) is 6.38. The zero-order chi connectivity index (χ0) is 15.9. The molecular weight excluding hydrogens is 278 g/mol. The third kappa shape index (κ3) is 2.61. The van der Waals surface area contributed by atoms with Gasteiger partial charge in [0.15, 0.2) is 5.82 Å². The van der Waals surface area contributed by atoms with E-state index in [4.69, 9.17) is 9.26 Å². The summed E-state index contributed by atoms with van der Waals surface area (Å²) in [6.07, 6.45) is -1.35. The van der Waals surface area contributed by atoms with Crippen molar-refractivity contribution in [3.63, 3.8) is 0 Å². The topological polar surface area (TPSA) is 93.0 Å². The number of anilines is 1. The number of likely N-dealkylation sites (N-methyl/N-ethyl adjacent to an activating group) is 1. The molecule has 0 N–H and O–H groups in total. The van der Waals surface area contributed by atoms with Gasteiger partial charge in [-0.3, -0.25) is 14.5 Å². The van der Waals surface area contributed by atoms with Gasteiger partial charge >= 0.3 is 12.0 Å². The lowest BCUT2D eigenvalue weighted by atomic mass is 9.93. The molecule has 8 nitrogen and oxygen atoms in total. The van der Waals surface area contributed by atoms with Crippen LogP contribution in [0.3, 0.4) is 0 Å². The van der Waals surface area contributed by atoms with Crippen molar-refractivity contribution in [2.75, 3.05) is 11.9 Å². The van der Waals surface area contributed by atoms with Crippen LogP contribution in [0.25, 0.3) is 0 Å². The predicted octanol–water partition coefficient (Wildman–Crippen LogP) is 1.26. The molecule has 8 heteroatoms. The van der Waals surface area contributed by atoms with E-state index in [2.05, 4.69) is 5.16 Å². The third-order valence-corrected chi connectivity index (χ3v) is 3.03. The molecule has 0 spiro atoms. The van der Waals surface area contributed by atoms with E-state index < -0.39 is 24.1 Å². The Morgan fingerprint density at radius 3 is 2.48 bits per heavy atom. The number of ether oxygens (including phenoxy) is 1. The second-order valence-corrected chi connectivity index (χ2v) is 5.81. The van der Waals surface area contributed by atoms with Gasteiger partial charge in [0, 0.05) is 25.5 Å². The largest absolute Gasteiger partial charge is 0.431 e. The number of carbonyl (C=O) groups excluding carboxylic acids is 3. The van der Waals surface area contributed by atoms with E-state index in [1.807, 2.05) is 20.8 Å². The second-order valence-electron chi connectivity index (χ2n) is 5.81. The Morgan fingerprint density at radius 1 is 1.38 bits per heavy atom. The molecule has 114 valence electrons. The minimum atomic E-state index is -1.35. The van der Waals surface area contributed by atoms with Crippen molar-refractivity contribution >= 4 is 23.7 Å². The van der Waals surface area contributed by atoms with Gasteiger partial charge in [0.05, 0.1) is 0 Å². The lowest BCUT2D eigenvalue weighted by Crippen LogP contribution is -2.38. The molecule has 1 fully saturated rings. The number of rotatable bonds is 2. The van der Waals surface area contributed by atoms with Gasteiger partial charge in [-0.05, 0) is 0 Å². The SMILES string of the molecule is CC(=O)OC1C(=O)N(C)C(=O)N1c1cc(C(C)(C)C)on1. The Kier molecular flexibility index (Phi) is 3.48. The van der Waals surface area contributed by atoms with Crippen molar-refractivity contribution in [2.45, 2.75) is 39.3 Å². The summed E-state index contributed by atoms with van der Waals surface area (Å²) in [6, 6.07) is 0.931. The molecule has 1 aromatic heterocycles. The van der Waals surface area contributed by atoms with Gasteiger partial charge in [-0.2, -0.15) is 0 Å². The highest BCUT2D eigenvalue weighted by Gasteiger charge is 2.48. The summed E-state index contributed by atoms with van der Waals surface area (Å²) < 4.78 is 10.1. The summed E-state index contributed by atoms with van der Waals surface area (Å²) in [5.74, 6) is -0.612. The van der Waals surface area contributed by atoms with Gasteiger partial charge in [0.25, 0.3) is 12.1 Å². The van der Waals surface area contributed by atoms with Crippen LogP contribution in [0.4, 0.5) is 10.6 Å². The zero-order valence-corrected chi connectivity index (χ0v) is 12.5. The lowest BCUT2D eigenvalue weighted by Gasteiger charge is -2.17. The molecule has 0 aromatic carbocycles. The first kappa shape index (κ1) is 15.0. The van der Waals surface area contributed by atoms with Crippen LogP contribution in [0.5, 0.6) is 0 Å². The molecule has 1 aliphatic rings.